The van der Waals surface area contributed by atoms with Crippen LogP contribution in [0.15, 0.2) is 76.4 Å². The minimum atomic E-state index is -0.244. The summed E-state index contributed by atoms with van der Waals surface area (Å²) in [6.45, 7) is 1.98. The summed E-state index contributed by atoms with van der Waals surface area (Å²) in [6, 6.07) is 18.7. The van der Waals surface area contributed by atoms with Crippen LogP contribution in [-0.2, 0) is 0 Å². The van der Waals surface area contributed by atoms with Gasteiger partial charge in [0.1, 0.15) is 5.76 Å². The molecular weight excluding hydrogens is 346 g/mol. The lowest BCUT2D eigenvalue weighted by atomic mass is 10.1. The van der Waals surface area contributed by atoms with Gasteiger partial charge < -0.3 is 4.42 Å². The molecule has 0 aliphatic carbocycles. The second kappa shape index (κ2) is 6.93. The summed E-state index contributed by atoms with van der Waals surface area (Å²) in [7, 11) is 0. The number of hydrogen-bond donors (Lipinski definition) is 0. The van der Waals surface area contributed by atoms with Crippen molar-refractivity contribution in [3.8, 4) is 0 Å². The Bertz CT molecular complexity index is 1030. The van der Waals surface area contributed by atoms with Gasteiger partial charge in [0.25, 0.3) is 5.91 Å². The smallest absolute Gasteiger partial charge is 0.280 e. The predicted molar refractivity (Wildman–Crippen MR) is 104 cm³/mol. The maximum absolute atomic E-state index is 13.0. The molecule has 2 aromatic carbocycles. The van der Waals surface area contributed by atoms with Crippen LogP contribution < -0.4 is 5.01 Å². The Morgan fingerprint density at radius 3 is 2.65 bits per heavy atom. The molecule has 0 bridgehead atoms. The number of furan rings is 1. The highest BCUT2D eigenvalue weighted by molar-refractivity contribution is 7.22. The molecule has 0 saturated carbocycles. The first-order valence-corrected chi connectivity index (χ1v) is 8.86. The van der Waals surface area contributed by atoms with Crippen LogP contribution >= 0.6 is 11.3 Å². The number of benzene rings is 2. The predicted octanol–water partition coefficient (Wildman–Crippen LogP) is 4.88. The lowest BCUT2D eigenvalue weighted by molar-refractivity contribution is 0.0988. The molecule has 5 nitrogen and oxygen atoms in total. The van der Waals surface area contributed by atoms with Crippen molar-refractivity contribution >= 4 is 38.8 Å². The number of carbonyl (C=O) groups excluding carboxylic acids is 1. The van der Waals surface area contributed by atoms with Crippen LogP contribution in [0.25, 0.3) is 10.2 Å². The van der Waals surface area contributed by atoms with Crippen molar-refractivity contribution < 1.29 is 9.21 Å². The summed E-state index contributed by atoms with van der Waals surface area (Å²) in [5, 5.41) is 6.17. The van der Waals surface area contributed by atoms with Gasteiger partial charge in [-0.15, -0.1) is 0 Å². The number of nitrogens with zero attached hydrogens (tertiary/aromatic N) is 3. The molecule has 128 valence electrons. The number of aryl methyl sites for hydroxylation is 1. The highest BCUT2D eigenvalue weighted by Crippen LogP contribution is 2.29. The summed E-state index contributed by atoms with van der Waals surface area (Å²) in [4.78, 5) is 17.6. The minimum absolute atomic E-state index is 0.244. The Labute approximate surface area is 154 Å². The van der Waals surface area contributed by atoms with Crippen molar-refractivity contribution in [1.29, 1.82) is 0 Å². The Morgan fingerprint density at radius 1 is 1.12 bits per heavy atom. The molecule has 26 heavy (non-hydrogen) atoms. The third kappa shape index (κ3) is 3.27. The minimum Gasteiger partial charge on any atom is -0.463 e. The van der Waals surface area contributed by atoms with Crippen LogP contribution in [0.2, 0.25) is 0 Å². The van der Waals surface area contributed by atoms with Gasteiger partial charge in [-0.25, -0.2) is 4.98 Å². The van der Waals surface area contributed by atoms with Gasteiger partial charge in [-0.2, -0.15) is 10.1 Å². The van der Waals surface area contributed by atoms with Crippen LogP contribution in [0.3, 0.4) is 0 Å². The molecule has 4 aromatic rings. The Kier molecular flexibility index (Phi) is 4.33. The number of fused-ring (bicyclic) bond motifs is 1. The molecule has 0 aliphatic heterocycles. The summed E-state index contributed by atoms with van der Waals surface area (Å²) in [5.74, 6) is 0.319. The average Bonchev–Trinajstić information content (AvgIpc) is 3.31. The first-order chi connectivity index (χ1) is 12.7. The Morgan fingerprint density at radius 2 is 1.92 bits per heavy atom. The van der Waals surface area contributed by atoms with Crippen LogP contribution in [-0.4, -0.2) is 17.1 Å². The molecule has 2 heterocycles. The molecule has 0 N–H and O–H groups in total. The van der Waals surface area contributed by atoms with Crippen LogP contribution in [0.1, 0.15) is 21.7 Å². The maximum Gasteiger partial charge on any atom is 0.280 e. The van der Waals surface area contributed by atoms with Gasteiger partial charge in [0.2, 0.25) is 5.13 Å². The molecule has 1 amide bonds. The van der Waals surface area contributed by atoms with Gasteiger partial charge in [0.05, 0.1) is 22.7 Å². The highest BCUT2D eigenvalue weighted by Gasteiger charge is 2.21. The van der Waals surface area contributed by atoms with Gasteiger partial charge >= 0.3 is 0 Å². The molecule has 0 spiro atoms. The standard InChI is InChI=1S/C20H15N3O2S/c1-14-8-10-15(11-9-14)19(24)23(21-13-16-5-4-12-25-16)20-22-17-6-2-3-7-18(17)26-20/h2-13H,1H3/b21-13+. The molecule has 2 aromatic heterocycles. The second-order valence-corrected chi connectivity index (χ2v) is 6.72. The zero-order valence-electron chi connectivity index (χ0n) is 14.0. The van der Waals surface area contributed by atoms with Gasteiger partial charge in [0.15, 0.2) is 0 Å². The Balaban J connectivity index is 1.75. The van der Waals surface area contributed by atoms with Gasteiger partial charge in [0, 0.05) is 5.56 Å². The van der Waals surface area contributed by atoms with E-state index in [0.29, 0.717) is 16.5 Å². The summed E-state index contributed by atoms with van der Waals surface area (Å²) in [5.41, 5.74) is 2.47. The molecule has 0 radical (unpaired) electrons. The second-order valence-electron chi connectivity index (χ2n) is 5.71. The van der Waals surface area contributed by atoms with Gasteiger partial charge in [-0.05, 0) is 43.3 Å². The van der Waals surface area contributed by atoms with Crippen LogP contribution in [0, 0.1) is 6.92 Å². The fraction of sp³-hybridized carbons (Fsp3) is 0.0500. The largest absolute Gasteiger partial charge is 0.463 e. The van der Waals surface area contributed by atoms with E-state index in [1.165, 1.54) is 22.6 Å². The molecule has 4 rings (SSSR count). The first kappa shape index (κ1) is 16.2. The number of amides is 1. The third-order valence-electron chi connectivity index (χ3n) is 3.80. The monoisotopic (exact) mass is 361 g/mol. The molecular formula is C20H15N3O2S. The topological polar surface area (TPSA) is 58.7 Å². The van der Waals surface area contributed by atoms with E-state index in [1.54, 1.807) is 30.5 Å². The Hall–Kier alpha value is -3.25. The van der Waals surface area contributed by atoms with Crippen molar-refractivity contribution in [1.82, 2.24) is 4.98 Å². The molecule has 0 fully saturated rings. The number of anilines is 1. The van der Waals surface area contributed by atoms with Crippen molar-refractivity contribution in [3.63, 3.8) is 0 Å². The van der Waals surface area contributed by atoms with Crippen LogP contribution in [0.5, 0.6) is 0 Å². The van der Waals surface area contributed by atoms with E-state index in [2.05, 4.69) is 10.1 Å². The van der Waals surface area contributed by atoms with Crippen molar-refractivity contribution in [2.24, 2.45) is 5.10 Å². The SMILES string of the molecule is Cc1ccc(C(=O)N(/N=C/c2ccco2)c2nc3ccccc3s2)cc1. The number of carbonyl (C=O) groups is 1. The van der Waals surface area contributed by atoms with E-state index in [9.17, 15) is 4.79 Å². The van der Waals surface area contributed by atoms with Gasteiger partial charge in [-0.3, -0.25) is 4.79 Å². The highest BCUT2D eigenvalue weighted by atomic mass is 32.1. The molecule has 0 aliphatic rings. The van der Waals surface area contributed by atoms with Gasteiger partial charge in [-0.1, -0.05) is 41.2 Å². The summed E-state index contributed by atoms with van der Waals surface area (Å²) >= 11 is 1.42. The number of hydrogen-bond acceptors (Lipinski definition) is 5. The fourth-order valence-corrected chi connectivity index (χ4v) is 3.36. The average molecular weight is 361 g/mol. The molecule has 0 saturated heterocycles. The number of hydrazone groups is 1. The normalized spacial score (nSPS) is 11.3. The van der Waals surface area contributed by atoms with Crippen molar-refractivity contribution in [3.05, 3.63) is 83.8 Å². The first-order valence-electron chi connectivity index (χ1n) is 8.05. The lowest BCUT2D eigenvalue weighted by Gasteiger charge is -2.13. The number of para-hydroxylation sites is 1. The van der Waals surface area contributed by atoms with Crippen molar-refractivity contribution in [2.45, 2.75) is 6.92 Å². The molecule has 0 unspecified atom stereocenters. The van der Waals surface area contributed by atoms with E-state index in [4.69, 9.17) is 4.42 Å². The van der Waals surface area contributed by atoms with E-state index in [0.717, 1.165) is 15.8 Å². The van der Waals surface area contributed by atoms with Crippen molar-refractivity contribution in [2.75, 3.05) is 5.01 Å². The third-order valence-corrected chi connectivity index (χ3v) is 4.81. The van der Waals surface area contributed by atoms with E-state index >= 15 is 0 Å². The molecule has 0 atom stereocenters. The maximum atomic E-state index is 13.0. The number of thiazole rings is 1. The van der Waals surface area contributed by atoms with E-state index in [-0.39, 0.29) is 5.91 Å². The lowest BCUT2D eigenvalue weighted by Crippen LogP contribution is -2.25. The zero-order valence-corrected chi connectivity index (χ0v) is 14.8. The number of rotatable bonds is 4. The molecule has 6 heteroatoms. The fourth-order valence-electron chi connectivity index (χ4n) is 2.44. The summed E-state index contributed by atoms with van der Waals surface area (Å²) < 4.78 is 6.27. The summed E-state index contributed by atoms with van der Waals surface area (Å²) in [6.07, 6.45) is 3.07. The zero-order chi connectivity index (χ0) is 17.9. The van der Waals surface area contributed by atoms with Crippen LogP contribution in [0.4, 0.5) is 5.13 Å². The van der Waals surface area contributed by atoms with E-state index < -0.39 is 0 Å². The number of aromatic nitrogens is 1. The van der Waals surface area contributed by atoms with E-state index in [1.807, 2.05) is 43.3 Å². The quantitative estimate of drug-likeness (QED) is 0.384.